The molecule has 2 fully saturated rings. The molecule has 2 saturated carbocycles. The van der Waals surface area contributed by atoms with Crippen molar-refractivity contribution in [1.82, 2.24) is 0 Å². The molecule has 0 aromatic heterocycles. The summed E-state index contributed by atoms with van der Waals surface area (Å²) in [6.45, 7) is 2.07. The molecule has 0 spiro atoms. The summed E-state index contributed by atoms with van der Waals surface area (Å²) < 4.78 is 0. The summed E-state index contributed by atoms with van der Waals surface area (Å²) >= 11 is 0. The van der Waals surface area contributed by atoms with E-state index in [1.54, 1.807) is 6.08 Å². The van der Waals surface area contributed by atoms with Gasteiger partial charge in [-0.3, -0.25) is 4.79 Å². The highest BCUT2D eigenvalue weighted by Gasteiger charge is 2.62. The van der Waals surface area contributed by atoms with Gasteiger partial charge in [0.1, 0.15) is 0 Å². The van der Waals surface area contributed by atoms with E-state index < -0.39 is 17.1 Å². The summed E-state index contributed by atoms with van der Waals surface area (Å²) in [6.07, 6.45) is 6.58. The average molecular weight is 327 g/mol. The van der Waals surface area contributed by atoms with Gasteiger partial charge >= 0.3 is 0 Å². The Morgan fingerprint density at radius 3 is 2.88 bits per heavy atom. The van der Waals surface area contributed by atoms with Gasteiger partial charge in [0.05, 0.1) is 24.2 Å². The monoisotopic (exact) mass is 327 g/mol. The molecule has 4 nitrogen and oxygen atoms in total. The lowest BCUT2D eigenvalue weighted by molar-refractivity contribution is -0.115. The van der Waals surface area contributed by atoms with Crippen LogP contribution in [0.1, 0.15) is 58.3 Å². The van der Waals surface area contributed by atoms with Gasteiger partial charge in [-0.05, 0) is 73.2 Å². The highest BCUT2D eigenvalue weighted by molar-refractivity contribution is 5.93. The summed E-state index contributed by atoms with van der Waals surface area (Å²) in [5.74, 6) is 0.806. The fourth-order valence-electron chi connectivity index (χ4n) is 6.13. The van der Waals surface area contributed by atoms with Crippen LogP contribution < -0.4 is 0 Å². The van der Waals surface area contributed by atoms with Gasteiger partial charge in [0, 0.05) is 11.8 Å². The molecule has 128 valence electrons. The lowest BCUT2D eigenvalue weighted by Gasteiger charge is -2.53. The number of fused-ring (bicyclic) bond motifs is 4. The Balaban J connectivity index is 1.77. The molecule has 4 heteroatoms. The van der Waals surface area contributed by atoms with Gasteiger partial charge in [0.2, 0.25) is 0 Å². The van der Waals surface area contributed by atoms with Crippen molar-refractivity contribution in [3.05, 3.63) is 22.8 Å². The van der Waals surface area contributed by atoms with E-state index >= 15 is 0 Å². The zero-order valence-corrected chi connectivity index (χ0v) is 14.2. The maximum absolute atomic E-state index is 11.7. The Labute approximate surface area is 142 Å². The summed E-state index contributed by atoms with van der Waals surface area (Å²) in [6, 6.07) is 2.16. The van der Waals surface area contributed by atoms with E-state index in [1.165, 1.54) is 5.57 Å². The normalized spacial score (nSPS) is 44.3. The second-order valence-electron chi connectivity index (χ2n) is 8.36. The molecule has 0 bridgehead atoms. The first-order valence-electron chi connectivity index (χ1n) is 9.14. The standard InChI is InChI=1S/C20H25NO3/c1-19-11-17(23)18-14-5-3-13(22)10-12(14)2-4-15(18)16(19)6-7-20(19,24)8-9-21/h10,15-17,23-24H,2-8,11H2,1H3/t15-,16+,17-,19-,20-/m0/s1. The predicted molar refractivity (Wildman–Crippen MR) is 88.7 cm³/mol. The van der Waals surface area contributed by atoms with Crippen LogP contribution in [0.5, 0.6) is 0 Å². The Bertz CT molecular complexity index is 700. The largest absolute Gasteiger partial charge is 0.389 e. The van der Waals surface area contributed by atoms with Crippen LogP contribution in [-0.4, -0.2) is 27.7 Å². The van der Waals surface area contributed by atoms with Crippen molar-refractivity contribution < 1.29 is 15.0 Å². The minimum absolute atomic E-state index is 0.144. The van der Waals surface area contributed by atoms with E-state index in [2.05, 4.69) is 13.0 Å². The highest BCUT2D eigenvalue weighted by Crippen LogP contribution is 2.64. The molecule has 0 aliphatic heterocycles. The van der Waals surface area contributed by atoms with Crippen LogP contribution in [0.15, 0.2) is 22.8 Å². The van der Waals surface area contributed by atoms with Crippen molar-refractivity contribution in [2.75, 3.05) is 0 Å². The van der Waals surface area contributed by atoms with Gasteiger partial charge in [-0.2, -0.15) is 5.26 Å². The molecule has 24 heavy (non-hydrogen) atoms. The number of nitrogens with zero attached hydrogens (tertiary/aromatic N) is 1. The van der Waals surface area contributed by atoms with Gasteiger partial charge in [-0.25, -0.2) is 0 Å². The smallest absolute Gasteiger partial charge is 0.156 e. The van der Waals surface area contributed by atoms with Crippen LogP contribution in [0.2, 0.25) is 0 Å². The van der Waals surface area contributed by atoms with Gasteiger partial charge in [-0.1, -0.05) is 6.92 Å². The highest BCUT2D eigenvalue weighted by atomic mass is 16.3. The molecule has 0 radical (unpaired) electrons. The summed E-state index contributed by atoms with van der Waals surface area (Å²) in [5.41, 5.74) is 2.11. The average Bonchev–Trinajstić information content (AvgIpc) is 2.78. The lowest BCUT2D eigenvalue weighted by Crippen LogP contribution is -2.53. The SMILES string of the molecule is C[C@]12C[C@H](O)C3=C4CCC(=O)C=C4CC[C@H]3[C@H]1CC[C@]2(O)CC#N. The Morgan fingerprint density at radius 1 is 1.33 bits per heavy atom. The summed E-state index contributed by atoms with van der Waals surface area (Å²) in [7, 11) is 0. The molecular weight excluding hydrogens is 302 g/mol. The van der Waals surface area contributed by atoms with Gasteiger partial charge in [0.15, 0.2) is 5.78 Å². The molecule has 0 amide bonds. The number of ketones is 1. The number of carbonyl (C=O) groups excluding carboxylic acids is 1. The maximum atomic E-state index is 11.7. The quantitative estimate of drug-likeness (QED) is 0.776. The number of carbonyl (C=O) groups is 1. The van der Waals surface area contributed by atoms with Crippen molar-refractivity contribution in [3.8, 4) is 6.07 Å². The van der Waals surface area contributed by atoms with Crippen molar-refractivity contribution in [1.29, 1.82) is 5.26 Å². The third kappa shape index (κ3) is 2.01. The third-order valence-corrected chi connectivity index (χ3v) is 7.40. The molecule has 2 N–H and O–H groups in total. The fourth-order valence-corrected chi connectivity index (χ4v) is 6.13. The second-order valence-corrected chi connectivity index (χ2v) is 8.36. The number of aliphatic hydroxyl groups is 2. The minimum Gasteiger partial charge on any atom is -0.389 e. The molecule has 4 aliphatic carbocycles. The number of rotatable bonds is 1. The Hall–Kier alpha value is -1.44. The lowest BCUT2D eigenvalue weighted by atomic mass is 9.54. The maximum Gasteiger partial charge on any atom is 0.156 e. The van der Waals surface area contributed by atoms with Crippen LogP contribution in [0, 0.1) is 28.6 Å². The van der Waals surface area contributed by atoms with Crippen LogP contribution in [-0.2, 0) is 4.79 Å². The molecule has 4 rings (SSSR count). The van der Waals surface area contributed by atoms with E-state index in [0.29, 0.717) is 25.2 Å². The van der Waals surface area contributed by atoms with Crippen LogP contribution in [0.3, 0.4) is 0 Å². The summed E-state index contributed by atoms with van der Waals surface area (Å²) in [4.78, 5) is 11.7. The van der Waals surface area contributed by atoms with Crippen LogP contribution >= 0.6 is 0 Å². The van der Waals surface area contributed by atoms with Crippen LogP contribution in [0.25, 0.3) is 0 Å². The van der Waals surface area contributed by atoms with Gasteiger partial charge in [-0.15, -0.1) is 0 Å². The Kier molecular flexibility index (Phi) is 3.53. The van der Waals surface area contributed by atoms with Crippen molar-refractivity contribution >= 4 is 5.78 Å². The van der Waals surface area contributed by atoms with Crippen molar-refractivity contribution in [2.45, 2.75) is 70.0 Å². The molecule has 0 unspecified atom stereocenters. The number of hydrogen-bond donors (Lipinski definition) is 2. The van der Waals surface area contributed by atoms with Gasteiger partial charge in [0.25, 0.3) is 0 Å². The van der Waals surface area contributed by atoms with E-state index in [4.69, 9.17) is 5.26 Å². The molecule has 0 saturated heterocycles. The van der Waals surface area contributed by atoms with E-state index in [9.17, 15) is 15.0 Å². The zero-order valence-electron chi connectivity index (χ0n) is 14.2. The molecule has 5 atom stereocenters. The van der Waals surface area contributed by atoms with Crippen LogP contribution in [0.4, 0.5) is 0 Å². The number of hydrogen-bond acceptors (Lipinski definition) is 4. The molecule has 4 aliphatic rings. The summed E-state index contributed by atoms with van der Waals surface area (Å²) in [5, 5.41) is 31.2. The van der Waals surface area contributed by atoms with Crippen molar-refractivity contribution in [3.63, 3.8) is 0 Å². The molecule has 0 aromatic rings. The van der Waals surface area contributed by atoms with Gasteiger partial charge < -0.3 is 10.2 Å². The van der Waals surface area contributed by atoms with E-state index in [0.717, 1.165) is 36.8 Å². The fraction of sp³-hybridized carbons (Fsp3) is 0.700. The number of aliphatic hydroxyl groups excluding tert-OH is 1. The van der Waals surface area contributed by atoms with Crippen molar-refractivity contribution in [2.24, 2.45) is 17.3 Å². The topological polar surface area (TPSA) is 81.3 Å². The predicted octanol–water partition coefficient (Wildman–Crippen LogP) is 2.81. The minimum atomic E-state index is -0.984. The Morgan fingerprint density at radius 2 is 2.12 bits per heavy atom. The third-order valence-electron chi connectivity index (χ3n) is 7.40. The zero-order chi connectivity index (χ0) is 17.1. The van der Waals surface area contributed by atoms with E-state index in [-0.39, 0.29) is 18.1 Å². The number of allylic oxidation sites excluding steroid dienone is 3. The number of nitriles is 1. The molecule has 0 heterocycles. The molecule has 0 aromatic carbocycles. The second kappa shape index (κ2) is 5.28. The first-order chi connectivity index (χ1) is 11.4. The van der Waals surface area contributed by atoms with E-state index in [1.807, 2.05) is 0 Å². The first-order valence-corrected chi connectivity index (χ1v) is 9.14. The molecular formula is C20H25NO3. The first kappa shape index (κ1) is 16.1.